The molecule has 1 aliphatic rings. The first-order valence-electron chi connectivity index (χ1n) is 9.47. The first kappa shape index (κ1) is 17.6. The quantitative estimate of drug-likeness (QED) is 0.691. The average molecular weight is 365 g/mol. The fraction of sp³-hybridized carbons (Fsp3) is 0.364. The van der Waals surface area contributed by atoms with Gasteiger partial charge in [-0.1, -0.05) is 49.2 Å². The summed E-state index contributed by atoms with van der Waals surface area (Å²) >= 11 is 0. The van der Waals surface area contributed by atoms with Crippen LogP contribution in [0.3, 0.4) is 0 Å². The summed E-state index contributed by atoms with van der Waals surface area (Å²) in [5.41, 5.74) is 1.39. The normalized spacial score (nSPS) is 15.9. The molecule has 5 heteroatoms. The van der Waals surface area contributed by atoms with E-state index in [-0.39, 0.29) is 17.7 Å². The van der Waals surface area contributed by atoms with Crippen molar-refractivity contribution in [3.63, 3.8) is 0 Å². The van der Waals surface area contributed by atoms with Crippen LogP contribution in [0, 0.1) is 6.92 Å². The van der Waals surface area contributed by atoms with E-state index in [0.29, 0.717) is 5.58 Å². The Morgan fingerprint density at radius 3 is 2.63 bits per heavy atom. The summed E-state index contributed by atoms with van der Waals surface area (Å²) in [4.78, 5) is 24.9. The Morgan fingerprint density at radius 2 is 1.85 bits per heavy atom. The molecule has 1 aliphatic carbocycles. The third-order valence-corrected chi connectivity index (χ3v) is 5.37. The van der Waals surface area contributed by atoms with Gasteiger partial charge >= 0.3 is 5.97 Å². The van der Waals surface area contributed by atoms with Gasteiger partial charge in [-0.05, 0) is 32.1 Å². The minimum absolute atomic E-state index is 0.155. The minimum Gasteiger partial charge on any atom is -0.448 e. The van der Waals surface area contributed by atoms with E-state index in [2.05, 4.69) is 5.32 Å². The highest BCUT2D eigenvalue weighted by molar-refractivity contribution is 6.08. The number of ether oxygens (including phenoxy) is 1. The van der Waals surface area contributed by atoms with Gasteiger partial charge in [0.25, 0.3) is 5.91 Å². The van der Waals surface area contributed by atoms with Crippen molar-refractivity contribution in [2.45, 2.75) is 51.7 Å². The third kappa shape index (κ3) is 3.29. The lowest BCUT2D eigenvalue weighted by Gasteiger charge is -2.16. The Kier molecular flexibility index (Phi) is 4.60. The van der Waals surface area contributed by atoms with Gasteiger partial charge in [0, 0.05) is 22.4 Å². The summed E-state index contributed by atoms with van der Waals surface area (Å²) < 4.78 is 11.3. The lowest BCUT2D eigenvalue weighted by atomic mass is 10.1. The Bertz CT molecular complexity index is 1010. The second-order valence-electron chi connectivity index (χ2n) is 7.26. The first-order chi connectivity index (χ1) is 13.0. The molecule has 1 fully saturated rings. The van der Waals surface area contributed by atoms with Crippen molar-refractivity contribution in [2.24, 2.45) is 0 Å². The van der Waals surface area contributed by atoms with E-state index < -0.39 is 12.1 Å². The van der Waals surface area contributed by atoms with Crippen LogP contribution in [0.2, 0.25) is 0 Å². The topological polar surface area (TPSA) is 68.5 Å². The second-order valence-corrected chi connectivity index (χ2v) is 7.26. The average Bonchev–Trinajstić information content (AvgIpc) is 3.29. The molecule has 1 amide bonds. The number of furan rings is 1. The van der Waals surface area contributed by atoms with Gasteiger partial charge in [0.2, 0.25) is 5.76 Å². The van der Waals surface area contributed by atoms with Crippen molar-refractivity contribution >= 4 is 33.6 Å². The molecule has 0 aliphatic heterocycles. The third-order valence-electron chi connectivity index (χ3n) is 5.37. The van der Waals surface area contributed by atoms with Gasteiger partial charge in [-0.15, -0.1) is 0 Å². The van der Waals surface area contributed by atoms with E-state index in [9.17, 15) is 9.59 Å². The minimum atomic E-state index is -0.859. The molecule has 27 heavy (non-hydrogen) atoms. The molecule has 0 spiro atoms. The van der Waals surface area contributed by atoms with E-state index in [1.165, 1.54) is 0 Å². The maximum Gasteiger partial charge on any atom is 0.375 e. The number of amides is 1. The summed E-state index contributed by atoms with van der Waals surface area (Å²) in [6.07, 6.45) is 3.38. The van der Waals surface area contributed by atoms with Crippen LogP contribution in [0.15, 0.2) is 40.8 Å². The second kappa shape index (κ2) is 7.06. The number of carbonyl (C=O) groups is 2. The fourth-order valence-electron chi connectivity index (χ4n) is 3.80. The lowest BCUT2D eigenvalue weighted by molar-refractivity contribution is -0.129. The van der Waals surface area contributed by atoms with E-state index in [1.54, 1.807) is 6.92 Å². The number of hydrogen-bond donors (Lipinski definition) is 1. The van der Waals surface area contributed by atoms with Crippen LogP contribution in [0.25, 0.3) is 21.7 Å². The van der Waals surface area contributed by atoms with Gasteiger partial charge in [0.15, 0.2) is 6.10 Å². The molecule has 4 rings (SSSR count). The molecule has 0 bridgehead atoms. The van der Waals surface area contributed by atoms with Crippen molar-refractivity contribution in [3.8, 4) is 0 Å². The number of rotatable bonds is 4. The number of hydrogen-bond acceptors (Lipinski definition) is 4. The van der Waals surface area contributed by atoms with Crippen LogP contribution in [-0.4, -0.2) is 24.0 Å². The van der Waals surface area contributed by atoms with Gasteiger partial charge in [-0.25, -0.2) is 4.79 Å². The van der Waals surface area contributed by atoms with Crippen LogP contribution in [-0.2, 0) is 9.53 Å². The highest BCUT2D eigenvalue weighted by Gasteiger charge is 2.26. The van der Waals surface area contributed by atoms with E-state index in [4.69, 9.17) is 9.15 Å². The Balaban J connectivity index is 1.56. The Morgan fingerprint density at radius 1 is 1.11 bits per heavy atom. The fourth-order valence-corrected chi connectivity index (χ4v) is 3.80. The molecule has 2 aromatic carbocycles. The largest absolute Gasteiger partial charge is 0.448 e. The molecule has 1 atom stereocenters. The van der Waals surface area contributed by atoms with Crippen molar-refractivity contribution in [3.05, 3.63) is 47.7 Å². The summed E-state index contributed by atoms with van der Waals surface area (Å²) in [5.74, 6) is -0.710. The van der Waals surface area contributed by atoms with Gasteiger partial charge in [-0.2, -0.15) is 0 Å². The van der Waals surface area contributed by atoms with Crippen LogP contribution in [0.1, 0.15) is 48.7 Å². The SMILES string of the molecule is Cc1c(C(=O)O[C@@H](C)C(=O)NC2CCCC2)oc2c1ccc1ccccc12. The summed E-state index contributed by atoms with van der Waals surface area (Å²) in [7, 11) is 0. The van der Waals surface area contributed by atoms with Crippen LogP contribution in [0.5, 0.6) is 0 Å². The molecule has 0 radical (unpaired) electrons. The zero-order valence-corrected chi connectivity index (χ0v) is 15.6. The number of aryl methyl sites for hydroxylation is 1. The van der Waals surface area contributed by atoms with E-state index >= 15 is 0 Å². The number of fused-ring (bicyclic) bond motifs is 3. The molecule has 3 aromatic rings. The molecule has 1 aromatic heterocycles. The van der Waals surface area contributed by atoms with E-state index in [1.807, 2.05) is 43.3 Å². The highest BCUT2D eigenvalue weighted by atomic mass is 16.6. The van der Waals surface area contributed by atoms with Gasteiger partial charge in [0.1, 0.15) is 5.58 Å². The predicted octanol–water partition coefficient (Wildman–Crippen LogP) is 4.50. The molecule has 140 valence electrons. The highest BCUT2D eigenvalue weighted by Crippen LogP contribution is 2.32. The number of carbonyl (C=O) groups excluding carboxylic acids is 2. The lowest BCUT2D eigenvalue weighted by Crippen LogP contribution is -2.40. The monoisotopic (exact) mass is 365 g/mol. The van der Waals surface area contributed by atoms with Crippen molar-refractivity contribution in [1.29, 1.82) is 0 Å². The molecule has 0 unspecified atom stereocenters. The van der Waals surface area contributed by atoms with Crippen molar-refractivity contribution in [1.82, 2.24) is 5.32 Å². The Hall–Kier alpha value is -2.82. The van der Waals surface area contributed by atoms with Gasteiger partial charge < -0.3 is 14.5 Å². The first-order valence-corrected chi connectivity index (χ1v) is 9.47. The maximum absolute atomic E-state index is 12.6. The summed E-state index contributed by atoms with van der Waals surface area (Å²) in [6.45, 7) is 3.43. The van der Waals surface area contributed by atoms with Crippen LogP contribution >= 0.6 is 0 Å². The number of esters is 1. The van der Waals surface area contributed by atoms with E-state index in [0.717, 1.165) is 47.4 Å². The smallest absolute Gasteiger partial charge is 0.375 e. The molecule has 1 saturated carbocycles. The van der Waals surface area contributed by atoms with Crippen molar-refractivity contribution in [2.75, 3.05) is 0 Å². The number of benzene rings is 2. The standard InChI is InChI=1S/C22H23NO4/c1-13-17-12-11-15-7-3-6-10-18(15)20(17)27-19(13)22(25)26-14(2)21(24)23-16-8-4-5-9-16/h3,6-7,10-12,14,16H,4-5,8-9H2,1-2H3,(H,23,24)/t14-/m0/s1. The zero-order chi connectivity index (χ0) is 19.0. The molecule has 1 N–H and O–H groups in total. The molecule has 0 saturated heterocycles. The van der Waals surface area contributed by atoms with Gasteiger partial charge in [-0.3, -0.25) is 4.79 Å². The summed E-state index contributed by atoms with van der Waals surface area (Å²) in [6, 6.07) is 12.0. The maximum atomic E-state index is 12.6. The van der Waals surface area contributed by atoms with Crippen LogP contribution in [0.4, 0.5) is 0 Å². The Labute approximate surface area is 157 Å². The summed E-state index contributed by atoms with van der Waals surface area (Å²) in [5, 5.41) is 5.83. The molecular formula is C22H23NO4. The van der Waals surface area contributed by atoms with Crippen LogP contribution < -0.4 is 5.32 Å². The zero-order valence-electron chi connectivity index (χ0n) is 15.6. The van der Waals surface area contributed by atoms with Crippen molar-refractivity contribution < 1.29 is 18.7 Å². The molecular weight excluding hydrogens is 342 g/mol. The number of nitrogens with one attached hydrogen (secondary N) is 1. The van der Waals surface area contributed by atoms with Gasteiger partial charge in [0.05, 0.1) is 0 Å². The molecule has 1 heterocycles. The predicted molar refractivity (Wildman–Crippen MR) is 104 cm³/mol. The molecule has 5 nitrogen and oxygen atoms in total.